The Bertz CT molecular complexity index is 1150. The molecule has 1 heterocycles. The Kier molecular flexibility index (Phi) is 7.23. The zero-order valence-corrected chi connectivity index (χ0v) is 19.3. The number of benzene rings is 2. The molecule has 1 fully saturated rings. The van der Waals surface area contributed by atoms with Crippen LogP contribution in [0.5, 0.6) is 11.5 Å². The molecule has 2 aromatic carbocycles. The lowest BCUT2D eigenvalue weighted by molar-refractivity contribution is -0.274. The number of hydrogen-bond acceptors (Lipinski definition) is 6. The average molecular weight is 513 g/mol. The highest BCUT2D eigenvalue weighted by Crippen LogP contribution is 2.36. The van der Waals surface area contributed by atoms with Gasteiger partial charge < -0.3 is 20.5 Å². The number of aromatic hydroxyl groups is 1. The summed E-state index contributed by atoms with van der Waals surface area (Å²) < 4.78 is 42.1. The van der Waals surface area contributed by atoms with Gasteiger partial charge in [-0.05, 0) is 37.1 Å². The molecule has 34 heavy (non-hydrogen) atoms. The molecule has 0 spiro atoms. The predicted molar refractivity (Wildman–Crippen MR) is 126 cm³/mol. The number of halogens is 5. The third kappa shape index (κ3) is 6.36. The standard InChI is InChI=1S/C23H21Cl2F3N4O2/c24-17-10-15(11-18(25)21(17)33)29-20-12-19(13-5-4-8-16(9-13)34-23(26,27)28)31-22(32-20)30-14-6-2-1-3-7-14/h4-5,8-12,14,33H,1-3,6-7H2,(H2,29,30,31,32). The lowest BCUT2D eigenvalue weighted by atomic mass is 9.96. The number of phenols is 1. The maximum atomic E-state index is 12.7. The van der Waals surface area contributed by atoms with Crippen LogP contribution in [-0.4, -0.2) is 27.5 Å². The number of hydrogen-bond donors (Lipinski definition) is 3. The number of ether oxygens (including phenoxy) is 1. The molecule has 0 unspecified atom stereocenters. The van der Waals surface area contributed by atoms with Crippen molar-refractivity contribution in [1.82, 2.24) is 9.97 Å². The van der Waals surface area contributed by atoms with E-state index >= 15 is 0 Å². The first-order valence-corrected chi connectivity index (χ1v) is 11.4. The lowest BCUT2D eigenvalue weighted by Crippen LogP contribution is -2.23. The molecule has 0 saturated heterocycles. The summed E-state index contributed by atoms with van der Waals surface area (Å²) in [6, 6.07) is 10.3. The first-order chi connectivity index (χ1) is 16.2. The van der Waals surface area contributed by atoms with Crippen molar-refractivity contribution in [3.8, 4) is 22.8 Å². The largest absolute Gasteiger partial charge is 0.573 e. The van der Waals surface area contributed by atoms with Crippen LogP contribution in [0, 0.1) is 0 Å². The molecular weight excluding hydrogens is 492 g/mol. The van der Waals surface area contributed by atoms with E-state index in [-0.39, 0.29) is 27.6 Å². The number of anilines is 3. The summed E-state index contributed by atoms with van der Waals surface area (Å²) in [5.41, 5.74) is 1.27. The van der Waals surface area contributed by atoms with E-state index in [0.29, 0.717) is 28.7 Å². The average Bonchev–Trinajstić information content (AvgIpc) is 2.77. The molecule has 1 saturated carbocycles. The first kappa shape index (κ1) is 24.2. The first-order valence-electron chi connectivity index (χ1n) is 10.6. The van der Waals surface area contributed by atoms with Crippen LogP contribution >= 0.6 is 23.2 Å². The van der Waals surface area contributed by atoms with Gasteiger partial charge in [0, 0.05) is 23.4 Å². The van der Waals surface area contributed by atoms with E-state index < -0.39 is 6.36 Å². The van der Waals surface area contributed by atoms with Crippen LogP contribution in [0.3, 0.4) is 0 Å². The van der Waals surface area contributed by atoms with Crippen molar-refractivity contribution >= 4 is 40.7 Å². The van der Waals surface area contributed by atoms with E-state index in [4.69, 9.17) is 23.2 Å². The predicted octanol–water partition coefficient (Wildman–Crippen LogP) is 7.54. The van der Waals surface area contributed by atoms with Crippen molar-refractivity contribution in [1.29, 1.82) is 0 Å². The van der Waals surface area contributed by atoms with Gasteiger partial charge in [-0.25, -0.2) is 4.98 Å². The normalized spacial score (nSPS) is 14.6. The molecule has 11 heteroatoms. The van der Waals surface area contributed by atoms with E-state index in [0.717, 1.165) is 25.7 Å². The molecule has 180 valence electrons. The van der Waals surface area contributed by atoms with Gasteiger partial charge in [-0.1, -0.05) is 54.6 Å². The third-order valence-corrected chi connectivity index (χ3v) is 5.89. The Morgan fingerprint density at radius 2 is 1.68 bits per heavy atom. The lowest BCUT2D eigenvalue weighted by Gasteiger charge is -2.23. The summed E-state index contributed by atoms with van der Waals surface area (Å²) in [6.45, 7) is 0. The fourth-order valence-electron chi connectivity index (χ4n) is 3.79. The van der Waals surface area contributed by atoms with Crippen molar-refractivity contribution < 1.29 is 23.0 Å². The van der Waals surface area contributed by atoms with Crippen LogP contribution in [0.2, 0.25) is 10.0 Å². The summed E-state index contributed by atoms with van der Waals surface area (Å²) in [6.07, 6.45) is 0.541. The summed E-state index contributed by atoms with van der Waals surface area (Å²) in [5.74, 6) is 0.115. The maximum absolute atomic E-state index is 12.7. The summed E-state index contributed by atoms with van der Waals surface area (Å²) in [4.78, 5) is 9.05. The summed E-state index contributed by atoms with van der Waals surface area (Å²) in [5, 5.41) is 16.3. The SMILES string of the molecule is Oc1c(Cl)cc(Nc2cc(-c3cccc(OC(F)(F)F)c3)nc(NC3CCCCC3)n2)cc1Cl. The highest BCUT2D eigenvalue weighted by Gasteiger charge is 2.31. The Hall–Kier alpha value is -2.91. The van der Waals surface area contributed by atoms with Crippen LogP contribution in [0.4, 0.5) is 30.6 Å². The minimum atomic E-state index is -4.80. The number of rotatable bonds is 6. The second-order valence-electron chi connectivity index (χ2n) is 7.93. The van der Waals surface area contributed by atoms with E-state index in [1.165, 1.54) is 36.8 Å². The molecule has 0 aliphatic heterocycles. The van der Waals surface area contributed by atoms with Crippen LogP contribution in [0.25, 0.3) is 11.3 Å². The van der Waals surface area contributed by atoms with Gasteiger partial charge in [0.05, 0.1) is 15.7 Å². The van der Waals surface area contributed by atoms with Crippen molar-refractivity contribution in [3.63, 3.8) is 0 Å². The number of nitrogens with one attached hydrogen (secondary N) is 2. The molecule has 0 amide bonds. The highest BCUT2D eigenvalue weighted by atomic mass is 35.5. The molecule has 0 atom stereocenters. The van der Waals surface area contributed by atoms with Crippen molar-refractivity contribution in [2.24, 2.45) is 0 Å². The van der Waals surface area contributed by atoms with E-state index in [1.54, 1.807) is 12.1 Å². The van der Waals surface area contributed by atoms with Gasteiger partial charge in [0.1, 0.15) is 11.6 Å². The Labute approximate surface area is 204 Å². The second kappa shape index (κ2) is 10.1. The van der Waals surface area contributed by atoms with Crippen molar-refractivity contribution in [3.05, 3.63) is 52.5 Å². The molecule has 1 aliphatic rings. The van der Waals surface area contributed by atoms with Gasteiger partial charge in [-0.15, -0.1) is 13.2 Å². The minimum Gasteiger partial charge on any atom is -0.505 e. The summed E-state index contributed by atoms with van der Waals surface area (Å²) in [7, 11) is 0. The molecule has 3 aromatic rings. The maximum Gasteiger partial charge on any atom is 0.573 e. The smallest absolute Gasteiger partial charge is 0.505 e. The Morgan fingerprint density at radius 1 is 0.971 bits per heavy atom. The summed E-state index contributed by atoms with van der Waals surface area (Å²) >= 11 is 12.0. The zero-order chi connectivity index (χ0) is 24.3. The van der Waals surface area contributed by atoms with Gasteiger partial charge in [0.25, 0.3) is 0 Å². The van der Waals surface area contributed by atoms with Gasteiger partial charge in [0.2, 0.25) is 5.95 Å². The molecule has 0 bridgehead atoms. The number of alkyl halides is 3. The molecule has 4 rings (SSSR count). The number of phenolic OH excluding ortho intramolecular Hbond substituents is 1. The monoisotopic (exact) mass is 512 g/mol. The molecule has 1 aliphatic carbocycles. The highest BCUT2D eigenvalue weighted by molar-refractivity contribution is 6.37. The van der Waals surface area contributed by atoms with E-state index in [1.807, 2.05) is 0 Å². The molecule has 3 N–H and O–H groups in total. The minimum absolute atomic E-state index is 0.0573. The van der Waals surface area contributed by atoms with Crippen molar-refractivity contribution in [2.75, 3.05) is 10.6 Å². The van der Waals surface area contributed by atoms with E-state index in [2.05, 4.69) is 25.3 Å². The fraction of sp³-hybridized carbons (Fsp3) is 0.304. The Morgan fingerprint density at radius 3 is 2.35 bits per heavy atom. The quantitative estimate of drug-likeness (QED) is 0.296. The van der Waals surface area contributed by atoms with Gasteiger partial charge in [-0.3, -0.25) is 0 Å². The van der Waals surface area contributed by atoms with E-state index in [9.17, 15) is 18.3 Å². The van der Waals surface area contributed by atoms with Gasteiger partial charge >= 0.3 is 6.36 Å². The van der Waals surface area contributed by atoms with Crippen LogP contribution in [-0.2, 0) is 0 Å². The Balaban J connectivity index is 1.69. The molecule has 1 aromatic heterocycles. The van der Waals surface area contributed by atoms with Crippen LogP contribution in [0.1, 0.15) is 32.1 Å². The molecule has 0 radical (unpaired) electrons. The second-order valence-corrected chi connectivity index (χ2v) is 8.74. The van der Waals surface area contributed by atoms with Gasteiger partial charge in [-0.2, -0.15) is 4.98 Å². The van der Waals surface area contributed by atoms with Crippen molar-refractivity contribution in [2.45, 2.75) is 44.5 Å². The zero-order valence-electron chi connectivity index (χ0n) is 17.8. The molecular formula is C23H21Cl2F3N4O2. The van der Waals surface area contributed by atoms with Crippen LogP contribution < -0.4 is 15.4 Å². The van der Waals surface area contributed by atoms with Gasteiger partial charge in [0.15, 0.2) is 5.75 Å². The third-order valence-electron chi connectivity index (χ3n) is 5.32. The topological polar surface area (TPSA) is 79.3 Å². The number of nitrogens with zero attached hydrogens (tertiary/aromatic N) is 2. The number of aromatic nitrogens is 2. The molecule has 6 nitrogen and oxygen atoms in total. The fourth-order valence-corrected chi connectivity index (χ4v) is 4.28. The van der Waals surface area contributed by atoms with Crippen LogP contribution in [0.15, 0.2) is 42.5 Å².